The van der Waals surface area contributed by atoms with Gasteiger partial charge in [0.05, 0.1) is 13.2 Å². The first-order valence-corrected chi connectivity index (χ1v) is 6.79. The van der Waals surface area contributed by atoms with Gasteiger partial charge in [0.25, 0.3) is 0 Å². The fourth-order valence-corrected chi connectivity index (χ4v) is 1.77. The molecule has 2 heterocycles. The second-order valence-electron chi connectivity index (χ2n) is 3.42. The summed E-state index contributed by atoms with van der Waals surface area (Å²) in [6.45, 7) is 5.75. The molecule has 0 spiro atoms. The van der Waals surface area contributed by atoms with Crippen LogP contribution >= 0.6 is 15.9 Å². The van der Waals surface area contributed by atoms with Crippen LogP contribution in [0.15, 0.2) is 22.8 Å². The second-order valence-corrected chi connectivity index (χ2v) is 4.23. The van der Waals surface area contributed by atoms with Crippen molar-refractivity contribution in [2.45, 2.75) is 19.9 Å². The number of pyridine rings is 1. The van der Waals surface area contributed by atoms with Crippen LogP contribution in [-0.4, -0.2) is 36.7 Å². The van der Waals surface area contributed by atoms with Gasteiger partial charge in [0.1, 0.15) is 16.5 Å². The number of hydrogen-bond acceptors (Lipinski definition) is 4. The van der Waals surface area contributed by atoms with Crippen LogP contribution in [0, 0.1) is 0 Å². The lowest BCUT2D eigenvalue weighted by Gasteiger charge is -2.22. The first kappa shape index (κ1) is 15.1. The van der Waals surface area contributed by atoms with Crippen molar-refractivity contribution in [3.63, 3.8) is 0 Å². The third kappa shape index (κ3) is 4.72. The number of nitrogens with zero attached hydrogens (tertiary/aromatic N) is 1. The van der Waals surface area contributed by atoms with E-state index >= 15 is 0 Å². The van der Waals surface area contributed by atoms with Crippen molar-refractivity contribution in [2.75, 3.05) is 25.1 Å². The largest absolute Gasteiger partial charge is 0.378 e. The Bertz CT molecular complexity index is 381. The fraction of sp³-hybridized carbons (Fsp3) is 0.500. The Hall–Kier alpha value is -0.980. The van der Waals surface area contributed by atoms with E-state index in [2.05, 4.69) is 31.5 Å². The van der Waals surface area contributed by atoms with E-state index in [0.717, 1.165) is 0 Å². The molecule has 0 bridgehead atoms. The Morgan fingerprint density at radius 1 is 1.56 bits per heavy atom. The fourth-order valence-electron chi connectivity index (χ4n) is 1.43. The van der Waals surface area contributed by atoms with Crippen molar-refractivity contribution in [1.29, 1.82) is 0 Å². The van der Waals surface area contributed by atoms with E-state index in [4.69, 9.17) is 4.74 Å². The van der Waals surface area contributed by atoms with E-state index in [0.29, 0.717) is 30.2 Å². The van der Waals surface area contributed by atoms with Gasteiger partial charge in [0.15, 0.2) is 0 Å². The van der Waals surface area contributed by atoms with Crippen molar-refractivity contribution in [3.05, 3.63) is 22.8 Å². The molecule has 0 saturated carbocycles. The van der Waals surface area contributed by atoms with Gasteiger partial charge in [-0.3, -0.25) is 4.79 Å². The normalized spacial score (nSPS) is 18.5. The second kappa shape index (κ2) is 8.18. The zero-order valence-electron chi connectivity index (χ0n) is 10.6. The van der Waals surface area contributed by atoms with E-state index in [-0.39, 0.29) is 11.9 Å². The summed E-state index contributed by atoms with van der Waals surface area (Å²) in [5, 5.41) is 5.81. The van der Waals surface area contributed by atoms with Gasteiger partial charge >= 0.3 is 0 Å². The number of rotatable bonds is 2. The third-order valence-corrected chi connectivity index (χ3v) is 2.65. The van der Waals surface area contributed by atoms with Crippen LogP contribution in [0.1, 0.15) is 13.8 Å². The van der Waals surface area contributed by atoms with Crippen LogP contribution in [0.2, 0.25) is 0 Å². The lowest BCUT2D eigenvalue weighted by Crippen LogP contribution is -2.48. The van der Waals surface area contributed by atoms with Crippen molar-refractivity contribution in [3.8, 4) is 0 Å². The molecule has 2 N–H and O–H groups in total. The Morgan fingerprint density at radius 3 is 2.94 bits per heavy atom. The average Bonchev–Trinajstić information content (AvgIpc) is 2.42. The van der Waals surface area contributed by atoms with E-state index < -0.39 is 0 Å². The number of carbonyl (C=O) groups is 1. The van der Waals surface area contributed by atoms with Crippen molar-refractivity contribution < 1.29 is 9.53 Å². The van der Waals surface area contributed by atoms with Crippen LogP contribution in [0.25, 0.3) is 0 Å². The zero-order valence-corrected chi connectivity index (χ0v) is 12.2. The van der Waals surface area contributed by atoms with Gasteiger partial charge in [-0.15, -0.1) is 0 Å². The number of anilines is 1. The molecular formula is C12H18BrN3O2. The number of carbonyl (C=O) groups excluding carboxylic acids is 1. The highest BCUT2D eigenvalue weighted by molar-refractivity contribution is 9.10. The summed E-state index contributed by atoms with van der Waals surface area (Å²) in [5.41, 5.74) is 0. The smallest absolute Gasteiger partial charge is 0.245 e. The first-order chi connectivity index (χ1) is 8.75. The van der Waals surface area contributed by atoms with Gasteiger partial charge in [-0.05, 0) is 28.1 Å². The van der Waals surface area contributed by atoms with Crippen molar-refractivity contribution in [1.82, 2.24) is 10.3 Å². The third-order valence-electron chi connectivity index (χ3n) is 2.20. The monoisotopic (exact) mass is 315 g/mol. The van der Waals surface area contributed by atoms with Crippen molar-refractivity contribution >= 4 is 27.7 Å². The molecule has 2 rings (SSSR count). The van der Waals surface area contributed by atoms with E-state index in [1.807, 2.05) is 19.9 Å². The maximum atomic E-state index is 11.8. The molecule has 0 aliphatic carbocycles. The Kier molecular flexibility index (Phi) is 6.85. The number of ether oxygens (including phenoxy) is 1. The standard InChI is InChI=1S/C10H12BrN3O2.C2H6/c11-8-2-1-3-9(13-8)14-10(15)7-6-16-5-4-12-7;1-2/h1-3,7,12H,4-6H2,(H,13,14,15);1-2H3. The molecule has 1 aliphatic heterocycles. The Morgan fingerprint density at radius 2 is 2.33 bits per heavy atom. The molecule has 1 saturated heterocycles. The van der Waals surface area contributed by atoms with E-state index in [9.17, 15) is 4.79 Å². The molecule has 5 nitrogen and oxygen atoms in total. The minimum atomic E-state index is -0.297. The van der Waals surface area contributed by atoms with Gasteiger partial charge < -0.3 is 15.4 Å². The molecule has 100 valence electrons. The summed E-state index contributed by atoms with van der Waals surface area (Å²) < 4.78 is 5.90. The van der Waals surface area contributed by atoms with Gasteiger partial charge in [0, 0.05) is 6.54 Å². The highest BCUT2D eigenvalue weighted by Gasteiger charge is 2.21. The van der Waals surface area contributed by atoms with E-state index in [1.54, 1.807) is 12.1 Å². The SMILES string of the molecule is CC.O=C(Nc1cccc(Br)n1)C1COCCN1. The number of morpholine rings is 1. The summed E-state index contributed by atoms with van der Waals surface area (Å²) in [5.74, 6) is 0.414. The maximum absolute atomic E-state index is 11.8. The summed E-state index contributed by atoms with van der Waals surface area (Å²) >= 11 is 3.25. The van der Waals surface area contributed by atoms with Gasteiger partial charge in [-0.1, -0.05) is 19.9 Å². The molecule has 1 aromatic heterocycles. The first-order valence-electron chi connectivity index (χ1n) is 6.00. The predicted molar refractivity (Wildman–Crippen MR) is 74.5 cm³/mol. The topological polar surface area (TPSA) is 63.2 Å². The minimum Gasteiger partial charge on any atom is -0.378 e. The lowest BCUT2D eigenvalue weighted by molar-refractivity contribution is -0.120. The average molecular weight is 316 g/mol. The predicted octanol–water partition coefficient (Wildman–Crippen LogP) is 1.80. The highest BCUT2D eigenvalue weighted by atomic mass is 79.9. The molecule has 0 aromatic carbocycles. The molecule has 1 aliphatic rings. The quantitative estimate of drug-likeness (QED) is 0.817. The van der Waals surface area contributed by atoms with Crippen LogP contribution in [-0.2, 0) is 9.53 Å². The van der Waals surface area contributed by atoms with E-state index in [1.165, 1.54) is 0 Å². The Balaban J connectivity index is 0.000000771. The molecule has 18 heavy (non-hydrogen) atoms. The molecular weight excluding hydrogens is 298 g/mol. The molecule has 0 radical (unpaired) electrons. The number of aromatic nitrogens is 1. The molecule has 1 atom stereocenters. The van der Waals surface area contributed by atoms with Gasteiger partial charge in [0.2, 0.25) is 5.91 Å². The van der Waals surface area contributed by atoms with Gasteiger partial charge in [-0.25, -0.2) is 4.98 Å². The number of nitrogens with one attached hydrogen (secondary N) is 2. The Labute approximate surface area is 115 Å². The maximum Gasteiger partial charge on any atom is 0.245 e. The van der Waals surface area contributed by atoms with Crippen LogP contribution in [0.4, 0.5) is 5.82 Å². The van der Waals surface area contributed by atoms with Crippen LogP contribution in [0.3, 0.4) is 0 Å². The van der Waals surface area contributed by atoms with Crippen molar-refractivity contribution in [2.24, 2.45) is 0 Å². The molecule has 1 amide bonds. The number of halogens is 1. The van der Waals surface area contributed by atoms with Crippen LogP contribution in [0.5, 0.6) is 0 Å². The summed E-state index contributed by atoms with van der Waals surface area (Å²) in [4.78, 5) is 15.9. The molecule has 6 heteroatoms. The highest BCUT2D eigenvalue weighted by Crippen LogP contribution is 2.10. The summed E-state index contributed by atoms with van der Waals surface area (Å²) in [7, 11) is 0. The summed E-state index contributed by atoms with van der Waals surface area (Å²) in [6, 6.07) is 5.07. The molecule has 1 unspecified atom stereocenters. The number of hydrogen-bond donors (Lipinski definition) is 2. The summed E-state index contributed by atoms with van der Waals surface area (Å²) in [6.07, 6.45) is 0. The number of amides is 1. The van der Waals surface area contributed by atoms with Gasteiger partial charge in [-0.2, -0.15) is 0 Å². The minimum absolute atomic E-state index is 0.120. The molecule has 1 aromatic rings. The van der Waals surface area contributed by atoms with Crippen LogP contribution < -0.4 is 10.6 Å². The lowest BCUT2D eigenvalue weighted by atomic mass is 10.2. The zero-order chi connectivity index (χ0) is 13.4. The molecule has 1 fully saturated rings.